The van der Waals surface area contributed by atoms with Crippen LogP contribution in [0, 0.1) is 10.8 Å². The molecule has 0 aromatic heterocycles. The van der Waals surface area contributed by atoms with Crippen molar-refractivity contribution in [1.82, 2.24) is 10.6 Å². The first-order valence-corrected chi connectivity index (χ1v) is 7.31. The first-order chi connectivity index (χ1) is 8.24. The summed E-state index contributed by atoms with van der Waals surface area (Å²) in [5.41, 5.74) is 1.30. The largest absolute Gasteiger partial charge is 0.380 e. The first kappa shape index (κ1) is 10.8. The van der Waals surface area contributed by atoms with Crippen molar-refractivity contribution >= 4 is 0 Å². The lowest BCUT2D eigenvalue weighted by atomic mass is 9.55. The molecule has 3 nitrogen and oxygen atoms in total. The number of hydrogen-bond donors (Lipinski definition) is 2. The molecule has 2 heterocycles. The zero-order chi connectivity index (χ0) is 11.5. The SMILES string of the molecule is CCC1NCC12CC(NC1CC3(COC3)C1)C2. The zero-order valence-electron chi connectivity index (χ0n) is 10.8. The summed E-state index contributed by atoms with van der Waals surface area (Å²) in [6.07, 6.45) is 6.87. The van der Waals surface area contributed by atoms with Crippen LogP contribution in [-0.4, -0.2) is 37.9 Å². The number of nitrogens with one attached hydrogen (secondary N) is 2. The number of rotatable bonds is 3. The van der Waals surface area contributed by atoms with Crippen molar-refractivity contribution in [3.8, 4) is 0 Å². The Balaban J connectivity index is 1.23. The van der Waals surface area contributed by atoms with E-state index >= 15 is 0 Å². The lowest BCUT2D eigenvalue weighted by Gasteiger charge is -2.62. The van der Waals surface area contributed by atoms with E-state index in [1.165, 1.54) is 38.6 Å². The highest BCUT2D eigenvalue weighted by Gasteiger charge is 2.56. The van der Waals surface area contributed by atoms with Gasteiger partial charge < -0.3 is 15.4 Å². The van der Waals surface area contributed by atoms with E-state index in [2.05, 4.69) is 17.6 Å². The molecule has 3 heteroatoms. The summed E-state index contributed by atoms with van der Waals surface area (Å²) in [5, 5.41) is 7.44. The maximum atomic E-state index is 5.33. The highest BCUT2D eigenvalue weighted by Crippen LogP contribution is 2.52. The monoisotopic (exact) mass is 236 g/mol. The van der Waals surface area contributed by atoms with Gasteiger partial charge in [0.25, 0.3) is 0 Å². The summed E-state index contributed by atoms with van der Waals surface area (Å²) < 4.78 is 5.33. The average Bonchev–Trinajstić information content (AvgIpc) is 2.08. The van der Waals surface area contributed by atoms with E-state index in [1.807, 2.05) is 0 Å². The predicted octanol–water partition coefficient (Wildman–Crippen LogP) is 1.29. The van der Waals surface area contributed by atoms with E-state index < -0.39 is 0 Å². The van der Waals surface area contributed by atoms with Gasteiger partial charge in [-0.1, -0.05) is 6.92 Å². The van der Waals surface area contributed by atoms with Crippen LogP contribution in [0.1, 0.15) is 39.0 Å². The molecule has 2 spiro atoms. The van der Waals surface area contributed by atoms with Gasteiger partial charge in [-0.3, -0.25) is 0 Å². The molecule has 1 unspecified atom stereocenters. The van der Waals surface area contributed by atoms with E-state index in [0.717, 1.165) is 31.3 Å². The van der Waals surface area contributed by atoms with Crippen LogP contribution in [0.4, 0.5) is 0 Å². The molecule has 2 N–H and O–H groups in total. The minimum Gasteiger partial charge on any atom is -0.380 e. The second-order valence-corrected chi connectivity index (χ2v) is 7.07. The molecule has 4 fully saturated rings. The molecule has 2 aliphatic carbocycles. The van der Waals surface area contributed by atoms with Crippen LogP contribution < -0.4 is 10.6 Å². The fourth-order valence-electron chi connectivity index (χ4n) is 4.64. The second-order valence-electron chi connectivity index (χ2n) is 7.07. The average molecular weight is 236 g/mol. The number of ether oxygens (including phenoxy) is 1. The Morgan fingerprint density at radius 2 is 1.88 bits per heavy atom. The lowest BCUT2D eigenvalue weighted by molar-refractivity contribution is -0.171. The van der Waals surface area contributed by atoms with Crippen molar-refractivity contribution < 1.29 is 4.74 Å². The standard InChI is InChI=1S/C14H24N2O/c1-2-12-14(7-15-12)5-11(6-14)16-10-3-13(4-10)8-17-9-13/h10-12,15-16H,2-9H2,1H3. The molecule has 2 aliphatic heterocycles. The van der Waals surface area contributed by atoms with Crippen LogP contribution in [0.2, 0.25) is 0 Å². The second kappa shape index (κ2) is 3.46. The molecule has 17 heavy (non-hydrogen) atoms. The normalized spacial score (nSPS) is 38.3. The maximum Gasteiger partial charge on any atom is 0.0545 e. The van der Waals surface area contributed by atoms with Gasteiger partial charge in [0.1, 0.15) is 0 Å². The van der Waals surface area contributed by atoms with E-state index in [-0.39, 0.29) is 0 Å². The van der Waals surface area contributed by atoms with Crippen molar-refractivity contribution in [2.45, 2.75) is 57.2 Å². The van der Waals surface area contributed by atoms with Gasteiger partial charge in [-0.25, -0.2) is 0 Å². The molecule has 96 valence electrons. The van der Waals surface area contributed by atoms with Crippen molar-refractivity contribution in [3.63, 3.8) is 0 Å². The smallest absolute Gasteiger partial charge is 0.0545 e. The Kier molecular flexibility index (Phi) is 2.19. The molecule has 4 rings (SSSR count). The van der Waals surface area contributed by atoms with E-state index in [9.17, 15) is 0 Å². The van der Waals surface area contributed by atoms with Crippen molar-refractivity contribution in [1.29, 1.82) is 0 Å². The van der Waals surface area contributed by atoms with Gasteiger partial charge in [0.15, 0.2) is 0 Å². The Hall–Kier alpha value is -0.120. The van der Waals surface area contributed by atoms with Crippen LogP contribution in [0.3, 0.4) is 0 Å². The molecule has 2 saturated carbocycles. The predicted molar refractivity (Wildman–Crippen MR) is 66.9 cm³/mol. The Labute approximate surface area is 104 Å². The van der Waals surface area contributed by atoms with Crippen LogP contribution in [0.15, 0.2) is 0 Å². The summed E-state index contributed by atoms with van der Waals surface area (Å²) >= 11 is 0. The van der Waals surface area contributed by atoms with Gasteiger partial charge in [0.05, 0.1) is 13.2 Å². The van der Waals surface area contributed by atoms with Crippen molar-refractivity contribution in [2.75, 3.05) is 19.8 Å². The molecule has 0 aromatic carbocycles. The molecule has 0 aromatic rings. The van der Waals surface area contributed by atoms with Gasteiger partial charge in [-0.15, -0.1) is 0 Å². The van der Waals surface area contributed by atoms with Gasteiger partial charge in [-0.2, -0.15) is 0 Å². The highest BCUT2D eigenvalue weighted by atomic mass is 16.5. The van der Waals surface area contributed by atoms with Crippen molar-refractivity contribution in [2.24, 2.45) is 10.8 Å². The van der Waals surface area contributed by atoms with Gasteiger partial charge >= 0.3 is 0 Å². The van der Waals surface area contributed by atoms with Crippen LogP contribution in [0.25, 0.3) is 0 Å². The van der Waals surface area contributed by atoms with Crippen molar-refractivity contribution in [3.05, 3.63) is 0 Å². The number of hydrogen-bond acceptors (Lipinski definition) is 3. The zero-order valence-corrected chi connectivity index (χ0v) is 10.8. The molecule has 0 radical (unpaired) electrons. The minimum atomic E-state index is 0.614. The van der Waals surface area contributed by atoms with Crippen LogP contribution in [0.5, 0.6) is 0 Å². The molecule has 4 aliphatic rings. The Bertz CT molecular complexity index is 310. The molecular formula is C14H24N2O. The summed E-state index contributed by atoms with van der Waals surface area (Å²) in [7, 11) is 0. The molecule has 1 atom stereocenters. The van der Waals surface area contributed by atoms with E-state index in [4.69, 9.17) is 4.74 Å². The van der Waals surface area contributed by atoms with Crippen LogP contribution in [-0.2, 0) is 4.74 Å². The maximum absolute atomic E-state index is 5.33. The molecule has 0 amide bonds. The Morgan fingerprint density at radius 1 is 1.18 bits per heavy atom. The van der Waals surface area contributed by atoms with Gasteiger partial charge in [0.2, 0.25) is 0 Å². The Morgan fingerprint density at radius 3 is 2.35 bits per heavy atom. The summed E-state index contributed by atoms with van der Waals surface area (Å²) in [6.45, 7) is 5.64. The van der Waals surface area contributed by atoms with Gasteiger partial charge in [-0.05, 0) is 32.1 Å². The highest BCUT2D eigenvalue weighted by molar-refractivity contribution is 5.13. The third-order valence-electron chi connectivity index (χ3n) is 5.80. The molecular weight excluding hydrogens is 212 g/mol. The molecule has 2 saturated heterocycles. The van der Waals surface area contributed by atoms with E-state index in [1.54, 1.807) is 0 Å². The van der Waals surface area contributed by atoms with Gasteiger partial charge in [0, 0.05) is 35.5 Å². The topological polar surface area (TPSA) is 33.3 Å². The first-order valence-electron chi connectivity index (χ1n) is 7.31. The third kappa shape index (κ3) is 1.45. The minimum absolute atomic E-state index is 0.614. The molecule has 0 bridgehead atoms. The fraction of sp³-hybridized carbons (Fsp3) is 1.00. The third-order valence-corrected chi connectivity index (χ3v) is 5.80. The van der Waals surface area contributed by atoms with E-state index in [0.29, 0.717) is 10.8 Å². The lowest BCUT2D eigenvalue weighted by Crippen LogP contribution is -2.72. The fourth-order valence-corrected chi connectivity index (χ4v) is 4.64. The van der Waals surface area contributed by atoms with Crippen LogP contribution >= 0.6 is 0 Å². The summed E-state index contributed by atoms with van der Waals surface area (Å²) in [5.74, 6) is 0. The summed E-state index contributed by atoms with van der Waals surface area (Å²) in [6, 6.07) is 2.43. The quantitative estimate of drug-likeness (QED) is 0.774. The summed E-state index contributed by atoms with van der Waals surface area (Å²) in [4.78, 5) is 0.